The molecule has 0 aromatic heterocycles. The van der Waals surface area contributed by atoms with E-state index in [0.717, 1.165) is 5.56 Å². The van der Waals surface area contributed by atoms with Crippen molar-refractivity contribution < 1.29 is 0 Å². The molecule has 1 rings (SSSR count). The Labute approximate surface area is 67.6 Å². The van der Waals surface area contributed by atoms with Crippen molar-refractivity contribution in [3.8, 4) is 12.3 Å². The van der Waals surface area contributed by atoms with Crippen LogP contribution in [0.1, 0.15) is 11.1 Å². The summed E-state index contributed by atoms with van der Waals surface area (Å²) >= 11 is 0. The Kier molecular flexibility index (Phi) is 2.52. The van der Waals surface area contributed by atoms with Gasteiger partial charge in [0.15, 0.2) is 0 Å². The number of hydrogen-bond donors (Lipinski definition) is 0. The van der Waals surface area contributed by atoms with Gasteiger partial charge in [0.1, 0.15) is 0 Å². The normalized spacial score (nSPS) is 9.82. The second kappa shape index (κ2) is 3.63. The van der Waals surface area contributed by atoms with E-state index in [1.165, 1.54) is 5.56 Å². The van der Waals surface area contributed by atoms with E-state index in [0.29, 0.717) is 0 Å². The van der Waals surface area contributed by atoms with Crippen LogP contribution in [0.4, 0.5) is 0 Å². The fraction of sp³-hybridized carbons (Fsp3) is 0.0909. The third-order valence-electron chi connectivity index (χ3n) is 1.45. The smallest absolute Gasteiger partial charge is 0.0116 e. The van der Waals surface area contributed by atoms with Gasteiger partial charge in [0, 0.05) is 0 Å². The van der Waals surface area contributed by atoms with E-state index in [2.05, 4.69) is 25.0 Å². The van der Waals surface area contributed by atoms with Gasteiger partial charge in [0.2, 0.25) is 0 Å². The summed E-state index contributed by atoms with van der Waals surface area (Å²) in [5.41, 5.74) is 2.41. The summed E-state index contributed by atoms with van der Waals surface area (Å²) in [6, 6.07) is 8.22. The van der Waals surface area contributed by atoms with E-state index < -0.39 is 0 Å². The fourth-order valence-corrected chi connectivity index (χ4v) is 0.822. The second-order valence-corrected chi connectivity index (χ2v) is 2.41. The summed E-state index contributed by atoms with van der Waals surface area (Å²) in [6.45, 7) is 2.06. The highest BCUT2D eigenvalue weighted by atomic mass is 13.9. The molecule has 0 atom stereocenters. The Morgan fingerprint density at radius 2 is 1.91 bits per heavy atom. The van der Waals surface area contributed by atoms with Crippen molar-refractivity contribution in [1.29, 1.82) is 0 Å². The maximum Gasteiger partial charge on any atom is -0.0116 e. The number of benzene rings is 1. The van der Waals surface area contributed by atoms with Gasteiger partial charge in [-0.05, 0) is 24.6 Å². The summed E-state index contributed by atoms with van der Waals surface area (Å²) in [5.74, 6) is 2.45. The van der Waals surface area contributed by atoms with Crippen LogP contribution < -0.4 is 0 Å². The highest BCUT2D eigenvalue weighted by Gasteiger charge is 1.83. The van der Waals surface area contributed by atoms with Gasteiger partial charge < -0.3 is 0 Å². The first-order valence-electron chi connectivity index (χ1n) is 3.52. The Bertz CT molecular complexity index is 283. The summed E-state index contributed by atoms with van der Waals surface area (Å²) in [5, 5.41) is 0. The molecule has 0 N–H and O–H groups in total. The van der Waals surface area contributed by atoms with Crippen molar-refractivity contribution in [3.63, 3.8) is 0 Å². The number of aryl methyl sites for hydroxylation is 1. The van der Waals surface area contributed by atoms with Crippen molar-refractivity contribution >= 4 is 6.08 Å². The number of rotatable bonds is 1. The first-order valence-corrected chi connectivity index (χ1v) is 3.52. The summed E-state index contributed by atoms with van der Waals surface area (Å²) in [6.07, 6.45) is 8.68. The second-order valence-electron chi connectivity index (χ2n) is 2.41. The van der Waals surface area contributed by atoms with E-state index in [9.17, 15) is 0 Å². The SMILES string of the molecule is C#CC=Cc1ccc(C)cc1. The lowest BCUT2D eigenvalue weighted by molar-refractivity contribution is 1.46. The zero-order valence-electron chi connectivity index (χ0n) is 6.54. The standard InChI is InChI=1S/C11H10/c1-3-4-5-11-8-6-10(2)7-9-11/h1,4-9H,2H3. The van der Waals surface area contributed by atoms with E-state index in [-0.39, 0.29) is 0 Å². The van der Waals surface area contributed by atoms with Crippen molar-refractivity contribution in [2.75, 3.05) is 0 Å². The van der Waals surface area contributed by atoms with Crippen LogP contribution in [0.5, 0.6) is 0 Å². The number of allylic oxidation sites excluding steroid dienone is 1. The maximum absolute atomic E-state index is 5.07. The molecule has 0 unspecified atom stereocenters. The minimum absolute atomic E-state index is 1.15. The van der Waals surface area contributed by atoms with Crippen LogP contribution in [0, 0.1) is 19.3 Å². The van der Waals surface area contributed by atoms with Crippen LogP contribution in [0.15, 0.2) is 30.3 Å². The maximum atomic E-state index is 5.07. The molecular weight excluding hydrogens is 132 g/mol. The predicted molar refractivity (Wildman–Crippen MR) is 49.0 cm³/mol. The van der Waals surface area contributed by atoms with Gasteiger partial charge in [-0.1, -0.05) is 35.7 Å². The number of terminal acetylenes is 1. The molecule has 0 radical (unpaired) electrons. The molecule has 0 aliphatic carbocycles. The third-order valence-corrected chi connectivity index (χ3v) is 1.45. The summed E-state index contributed by atoms with van der Waals surface area (Å²) in [4.78, 5) is 0. The average Bonchev–Trinajstić information content (AvgIpc) is 2.04. The van der Waals surface area contributed by atoms with E-state index >= 15 is 0 Å². The Balaban J connectivity index is 2.84. The molecule has 0 saturated carbocycles. The Morgan fingerprint density at radius 1 is 1.27 bits per heavy atom. The van der Waals surface area contributed by atoms with Crippen molar-refractivity contribution in [1.82, 2.24) is 0 Å². The molecule has 0 saturated heterocycles. The average molecular weight is 142 g/mol. The molecule has 1 aromatic carbocycles. The molecule has 0 heterocycles. The summed E-state index contributed by atoms with van der Waals surface area (Å²) < 4.78 is 0. The van der Waals surface area contributed by atoms with Gasteiger partial charge in [-0.15, -0.1) is 6.42 Å². The predicted octanol–water partition coefficient (Wildman–Crippen LogP) is 2.64. The molecule has 11 heavy (non-hydrogen) atoms. The van der Waals surface area contributed by atoms with Gasteiger partial charge in [-0.3, -0.25) is 0 Å². The van der Waals surface area contributed by atoms with Gasteiger partial charge in [0.25, 0.3) is 0 Å². The van der Waals surface area contributed by atoms with Crippen LogP contribution >= 0.6 is 0 Å². The minimum atomic E-state index is 1.15. The molecule has 0 aliphatic rings. The lowest BCUT2D eigenvalue weighted by atomic mass is 10.1. The van der Waals surface area contributed by atoms with E-state index in [4.69, 9.17) is 6.42 Å². The molecule has 54 valence electrons. The molecule has 0 fully saturated rings. The van der Waals surface area contributed by atoms with Crippen LogP contribution in [-0.4, -0.2) is 0 Å². The molecular formula is C11H10. The number of hydrogen-bond acceptors (Lipinski definition) is 0. The molecule has 0 nitrogen and oxygen atoms in total. The monoisotopic (exact) mass is 142 g/mol. The Hall–Kier alpha value is -1.48. The molecule has 0 amide bonds. The highest BCUT2D eigenvalue weighted by molar-refractivity contribution is 5.52. The van der Waals surface area contributed by atoms with Gasteiger partial charge in [-0.25, -0.2) is 0 Å². The lowest BCUT2D eigenvalue weighted by Crippen LogP contribution is -1.72. The minimum Gasteiger partial charge on any atom is -0.115 e. The van der Waals surface area contributed by atoms with Gasteiger partial charge in [-0.2, -0.15) is 0 Å². The van der Waals surface area contributed by atoms with Crippen LogP contribution in [0.3, 0.4) is 0 Å². The molecule has 1 aromatic rings. The van der Waals surface area contributed by atoms with E-state index in [1.807, 2.05) is 18.2 Å². The van der Waals surface area contributed by atoms with Crippen LogP contribution in [0.2, 0.25) is 0 Å². The first-order chi connectivity index (χ1) is 5.33. The lowest BCUT2D eigenvalue weighted by Gasteiger charge is -1.92. The van der Waals surface area contributed by atoms with Crippen LogP contribution in [0.25, 0.3) is 6.08 Å². The zero-order valence-corrected chi connectivity index (χ0v) is 6.54. The first kappa shape index (κ1) is 7.63. The third kappa shape index (κ3) is 2.31. The fourth-order valence-electron chi connectivity index (χ4n) is 0.822. The zero-order chi connectivity index (χ0) is 8.10. The van der Waals surface area contributed by atoms with Crippen LogP contribution in [-0.2, 0) is 0 Å². The topological polar surface area (TPSA) is 0 Å². The summed E-state index contributed by atoms with van der Waals surface area (Å²) in [7, 11) is 0. The van der Waals surface area contributed by atoms with Crippen molar-refractivity contribution in [2.24, 2.45) is 0 Å². The Morgan fingerprint density at radius 3 is 2.45 bits per heavy atom. The molecule has 0 aliphatic heterocycles. The largest absolute Gasteiger partial charge is 0.115 e. The highest BCUT2D eigenvalue weighted by Crippen LogP contribution is 2.04. The molecule has 0 heteroatoms. The molecule has 0 spiro atoms. The quantitative estimate of drug-likeness (QED) is 0.529. The van der Waals surface area contributed by atoms with E-state index in [1.54, 1.807) is 6.08 Å². The van der Waals surface area contributed by atoms with Crippen molar-refractivity contribution in [2.45, 2.75) is 6.92 Å². The van der Waals surface area contributed by atoms with Gasteiger partial charge >= 0.3 is 0 Å². The van der Waals surface area contributed by atoms with Crippen molar-refractivity contribution in [3.05, 3.63) is 41.5 Å². The molecule has 0 bridgehead atoms. The van der Waals surface area contributed by atoms with Gasteiger partial charge in [0.05, 0.1) is 0 Å².